The molecule has 96 valence electrons. The van der Waals surface area contributed by atoms with Gasteiger partial charge in [-0.3, -0.25) is 0 Å². The molecule has 0 radical (unpaired) electrons. The first-order chi connectivity index (χ1) is 7.56. The van der Waals surface area contributed by atoms with E-state index in [0.717, 1.165) is 16.9 Å². The third-order valence-electron chi connectivity index (χ3n) is 3.89. The summed E-state index contributed by atoms with van der Waals surface area (Å²) in [5.41, 5.74) is 0. The highest BCUT2D eigenvalue weighted by molar-refractivity contribution is 4.66. The molecule has 2 heteroatoms. The van der Waals surface area contributed by atoms with E-state index in [-0.39, 0.29) is 6.10 Å². The van der Waals surface area contributed by atoms with Crippen molar-refractivity contribution in [1.29, 1.82) is 0 Å². The second-order valence-electron chi connectivity index (χ2n) is 6.06. The Labute approximate surface area is 101 Å². The molecule has 0 heterocycles. The molecule has 2 nitrogen and oxygen atoms in total. The van der Waals surface area contributed by atoms with Crippen molar-refractivity contribution in [1.82, 2.24) is 0 Å². The standard InChI is InChI=1S/C14H30NO/c1-4-10-15(3,11-13(2)16)12-14-8-6-5-7-9-14/h13-14,16H,4-12H2,1-3H3/q+1. The topological polar surface area (TPSA) is 20.2 Å². The van der Waals surface area contributed by atoms with Gasteiger partial charge in [0.05, 0.1) is 20.1 Å². The lowest BCUT2D eigenvalue weighted by atomic mass is 9.88. The van der Waals surface area contributed by atoms with Crippen LogP contribution in [0.2, 0.25) is 0 Å². The van der Waals surface area contributed by atoms with Crippen molar-refractivity contribution >= 4 is 0 Å². The van der Waals surface area contributed by atoms with Gasteiger partial charge in [0.1, 0.15) is 12.6 Å². The highest BCUT2D eigenvalue weighted by Gasteiger charge is 2.28. The van der Waals surface area contributed by atoms with Crippen LogP contribution in [-0.4, -0.2) is 42.4 Å². The van der Waals surface area contributed by atoms with Crippen LogP contribution in [0.3, 0.4) is 0 Å². The van der Waals surface area contributed by atoms with Crippen molar-refractivity contribution in [2.45, 2.75) is 58.5 Å². The smallest absolute Gasteiger partial charge is 0.105 e. The molecular formula is C14H30NO+. The molecule has 1 saturated carbocycles. The van der Waals surface area contributed by atoms with Crippen LogP contribution in [0.1, 0.15) is 52.4 Å². The van der Waals surface area contributed by atoms with Crippen molar-refractivity contribution in [2.24, 2.45) is 5.92 Å². The van der Waals surface area contributed by atoms with Crippen LogP contribution >= 0.6 is 0 Å². The second kappa shape index (κ2) is 6.61. The summed E-state index contributed by atoms with van der Waals surface area (Å²) in [5, 5.41) is 9.63. The van der Waals surface area contributed by atoms with E-state index < -0.39 is 0 Å². The Kier molecular flexibility index (Phi) is 5.77. The minimum atomic E-state index is -0.167. The van der Waals surface area contributed by atoms with Crippen LogP contribution in [0, 0.1) is 5.92 Å². The SMILES string of the molecule is CCC[N+](C)(CC(C)O)CC1CCCCC1. The molecule has 0 amide bonds. The number of rotatable bonds is 6. The summed E-state index contributed by atoms with van der Waals surface area (Å²) in [6.45, 7) is 7.58. The van der Waals surface area contributed by atoms with Gasteiger partial charge in [0.25, 0.3) is 0 Å². The van der Waals surface area contributed by atoms with E-state index in [0.29, 0.717) is 0 Å². The summed E-state index contributed by atoms with van der Waals surface area (Å²) < 4.78 is 1.07. The number of aliphatic hydroxyl groups excluding tert-OH is 1. The van der Waals surface area contributed by atoms with Gasteiger partial charge in [0, 0.05) is 5.92 Å². The van der Waals surface area contributed by atoms with Gasteiger partial charge in [0.15, 0.2) is 0 Å². The predicted octanol–water partition coefficient (Wildman–Crippen LogP) is 2.80. The molecule has 0 saturated heterocycles. The molecule has 0 aromatic heterocycles. The van der Waals surface area contributed by atoms with Crippen molar-refractivity contribution in [3.63, 3.8) is 0 Å². The predicted molar refractivity (Wildman–Crippen MR) is 69.3 cm³/mol. The average molecular weight is 228 g/mol. The number of hydrogen-bond acceptors (Lipinski definition) is 1. The molecule has 16 heavy (non-hydrogen) atoms. The van der Waals surface area contributed by atoms with Crippen LogP contribution in [0.25, 0.3) is 0 Å². The normalized spacial score (nSPS) is 24.0. The first-order valence-electron chi connectivity index (χ1n) is 7.07. The maximum absolute atomic E-state index is 9.63. The highest BCUT2D eigenvalue weighted by atomic mass is 16.3. The maximum Gasteiger partial charge on any atom is 0.105 e. The fourth-order valence-corrected chi connectivity index (χ4v) is 3.43. The Morgan fingerprint density at radius 2 is 1.88 bits per heavy atom. The van der Waals surface area contributed by atoms with E-state index in [1.165, 1.54) is 51.6 Å². The molecule has 1 fully saturated rings. The van der Waals surface area contributed by atoms with Gasteiger partial charge in [-0.05, 0) is 26.2 Å². The van der Waals surface area contributed by atoms with E-state index in [1.54, 1.807) is 0 Å². The van der Waals surface area contributed by atoms with Gasteiger partial charge in [-0.25, -0.2) is 0 Å². The fraction of sp³-hybridized carbons (Fsp3) is 1.00. The third kappa shape index (κ3) is 4.84. The molecule has 2 unspecified atom stereocenters. The summed E-state index contributed by atoms with van der Waals surface area (Å²) >= 11 is 0. The van der Waals surface area contributed by atoms with Crippen LogP contribution in [0.15, 0.2) is 0 Å². The zero-order valence-electron chi connectivity index (χ0n) is 11.4. The summed E-state index contributed by atoms with van der Waals surface area (Å²) in [6, 6.07) is 0. The van der Waals surface area contributed by atoms with Gasteiger partial charge in [-0.2, -0.15) is 0 Å². The molecule has 1 N–H and O–H groups in total. The Balaban J connectivity index is 2.47. The average Bonchev–Trinajstić information content (AvgIpc) is 2.17. The third-order valence-corrected chi connectivity index (χ3v) is 3.89. The van der Waals surface area contributed by atoms with Gasteiger partial charge >= 0.3 is 0 Å². The summed E-state index contributed by atoms with van der Waals surface area (Å²) in [4.78, 5) is 0. The molecule has 1 rings (SSSR count). The van der Waals surface area contributed by atoms with Crippen molar-refractivity contribution < 1.29 is 9.59 Å². The van der Waals surface area contributed by atoms with E-state index in [1.807, 2.05) is 6.92 Å². The number of quaternary nitrogens is 1. The Bertz CT molecular complexity index is 187. The van der Waals surface area contributed by atoms with E-state index in [9.17, 15) is 5.11 Å². The Hall–Kier alpha value is -0.0800. The minimum absolute atomic E-state index is 0.167. The van der Waals surface area contributed by atoms with E-state index in [4.69, 9.17) is 0 Å². The van der Waals surface area contributed by atoms with Gasteiger partial charge in [-0.15, -0.1) is 0 Å². The largest absolute Gasteiger partial charge is 0.388 e. The highest BCUT2D eigenvalue weighted by Crippen LogP contribution is 2.26. The lowest BCUT2D eigenvalue weighted by Crippen LogP contribution is -2.51. The molecule has 0 aromatic rings. The van der Waals surface area contributed by atoms with Gasteiger partial charge in [0.2, 0.25) is 0 Å². The second-order valence-corrected chi connectivity index (χ2v) is 6.06. The maximum atomic E-state index is 9.63. The molecule has 0 bridgehead atoms. The van der Waals surface area contributed by atoms with Crippen molar-refractivity contribution in [2.75, 3.05) is 26.7 Å². The van der Waals surface area contributed by atoms with Crippen LogP contribution in [-0.2, 0) is 0 Å². The van der Waals surface area contributed by atoms with E-state index >= 15 is 0 Å². The van der Waals surface area contributed by atoms with Crippen LogP contribution < -0.4 is 0 Å². The van der Waals surface area contributed by atoms with E-state index in [2.05, 4.69) is 14.0 Å². The summed E-state index contributed by atoms with van der Waals surface area (Å²) in [6.07, 6.45) is 8.16. The van der Waals surface area contributed by atoms with Gasteiger partial charge in [-0.1, -0.05) is 26.2 Å². The number of aliphatic hydroxyl groups is 1. The van der Waals surface area contributed by atoms with Crippen molar-refractivity contribution in [3.05, 3.63) is 0 Å². The Morgan fingerprint density at radius 3 is 2.38 bits per heavy atom. The number of hydrogen-bond donors (Lipinski definition) is 1. The molecule has 1 aliphatic rings. The molecule has 1 aliphatic carbocycles. The molecule has 0 spiro atoms. The quantitative estimate of drug-likeness (QED) is 0.693. The first-order valence-corrected chi connectivity index (χ1v) is 7.07. The zero-order valence-corrected chi connectivity index (χ0v) is 11.4. The fourth-order valence-electron chi connectivity index (χ4n) is 3.43. The molecule has 2 atom stereocenters. The minimum Gasteiger partial charge on any atom is -0.388 e. The lowest BCUT2D eigenvalue weighted by molar-refractivity contribution is -0.915. The summed E-state index contributed by atoms with van der Waals surface area (Å²) in [5.74, 6) is 0.907. The van der Waals surface area contributed by atoms with Gasteiger partial charge < -0.3 is 9.59 Å². The molecular weight excluding hydrogens is 198 g/mol. The number of nitrogens with zero attached hydrogens (tertiary/aromatic N) is 1. The summed E-state index contributed by atoms with van der Waals surface area (Å²) in [7, 11) is 2.32. The monoisotopic (exact) mass is 228 g/mol. The lowest BCUT2D eigenvalue weighted by Gasteiger charge is -2.39. The van der Waals surface area contributed by atoms with Crippen LogP contribution in [0.5, 0.6) is 0 Å². The molecule has 0 aromatic carbocycles. The first kappa shape index (κ1) is 14.0. The molecule has 0 aliphatic heterocycles. The van der Waals surface area contributed by atoms with Crippen LogP contribution in [0.4, 0.5) is 0 Å². The zero-order chi connectivity index (χ0) is 12.0. The number of likely N-dealkylation sites (N-methyl/N-ethyl adjacent to an activating group) is 1. The van der Waals surface area contributed by atoms with Crippen molar-refractivity contribution in [3.8, 4) is 0 Å². The Morgan fingerprint density at radius 1 is 1.25 bits per heavy atom.